The van der Waals surface area contributed by atoms with Crippen molar-refractivity contribution < 1.29 is 36.9 Å². The van der Waals surface area contributed by atoms with Gasteiger partial charge in [-0.15, -0.1) is 0 Å². The predicted molar refractivity (Wildman–Crippen MR) is 127 cm³/mol. The van der Waals surface area contributed by atoms with Crippen LogP contribution in [0.15, 0.2) is 48.5 Å². The van der Waals surface area contributed by atoms with E-state index in [1.165, 1.54) is 12.0 Å². The lowest BCUT2D eigenvalue weighted by Gasteiger charge is -2.38. The Morgan fingerprint density at radius 2 is 1.84 bits per heavy atom. The van der Waals surface area contributed by atoms with Crippen LogP contribution in [0.4, 0.5) is 18.0 Å². The van der Waals surface area contributed by atoms with Crippen LogP contribution >= 0.6 is 0 Å². The van der Waals surface area contributed by atoms with Gasteiger partial charge in [0.05, 0.1) is 44.2 Å². The number of methoxy groups -OCH3 is 1. The molecule has 2 fully saturated rings. The summed E-state index contributed by atoms with van der Waals surface area (Å²) in [5.74, 6) is 0.797. The second-order valence-electron chi connectivity index (χ2n) is 9.39. The highest BCUT2D eigenvalue weighted by atomic mass is 19.4. The van der Waals surface area contributed by atoms with E-state index in [0.29, 0.717) is 36.3 Å². The number of nitriles is 1. The Morgan fingerprint density at radius 3 is 2.43 bits per heavy atom. The normalized spacial score (nSPS) is 19.9. The van der Waals surface area contributed by atoms with Crippen LogP contribution < -0.4 is 4.74 Å². The van der Waals surface area contributed by atoms with Gasteiger partial charge < -0.3 is 23.8 Å². The van der Waals surface area contributed by atoms with Gasteiger partial charge in [-0.3, -0.25) is 0 Å². The maximum atomic E-state index is 13.5. The smallest absolute Gasteiger partial charge is 0.427 e. The van der Waals surface area contributed by atoms with E-state index >= 15 is 0 Å². The summed E-state index contributed by atoms with van der Waals surface area (Å²) in [4.78, 5) is 13.9. The van der Waals surface area contributed by atoms with E-state index in [9.17, 15) is 18.0 Å². The number of hydrogen-bond donors (Lipinski definition) is 0. The minimum Gasteiger partial charge on any atom is -0.497 e. The van der Waals surface area contributed by atoms with E-state index in [-0.39, 0.29) is 25.6 Å². The van der Waals surface area contributed by atoms with E-state index in [2.05, 4.69) is 6.07 Å². The van der Waals surface area contributed by atoms with Crippen LogP contribution in [0, 0.1) is 11.3 Å². The highest BCUT2D eigenvalue weighted by Gasteiger charge is 2.46. The van der Waals surface area contributed by atoms with Crippen molar-refractivity contribution in [3.63, 3.8) is 0 Å². The standard InChI is InChI=1S/C27H29F3N2O5/c1-34-23-8-4-20(5-9-23)16-35-18-24(27(28,29)30)37-25(33)32-12-10-26(11-13-32)14-22(17-36-26)21-6-2-19(15-31)3-7-21/h2-9,22,24H,10-14,16-18H2,1H3. The van der Waals surface area contributed by atoms with Gasteiger partial charge in [-0.2, -0.15) is 18.4 Å². The van der Waals surface area contributed by atoms with Crippen LogP contribution in [0.25, 0.3) is 0 Å². The van der Waals surface area contributed by atoms with Crippen LogP contribution in [0.1, 0.15) is 41.9 Å². The summed E-state index contributed by atoms with van der Waals surface area (Å²) in [6, 6.07) is 16.2. The molecule has 2 aromatic rings. The van der Waals surface area contributed by atoms with Crippen LogP contribution in [-0.2, 0) is 20.8 Å². The van der Waals surface area contributed by atoms with Crippen molar-refractivity contribution in [3.8, 4) is 11.8 Å². The van der Waals surface area contributed by atoms with Crippen LogP contribution in [-0.4, -0.2) is 62.3 Å². The van der Waals surface area contributed by atoms with Gasteiger partial charge in [0.15, 0.2) is 0 Å². The number of nitrogens with zero attached hydrogens (tertiary/aromatic N) is 2. The number of halogens is 3. The molecular weight excluding hydrogens is 489 g/mol. The fourth-order valence-corrected chi connectivity index (χ4v) is 4.73. The van der Waals surface area contributed by atoms with Gasteiger partial charge in [0.2, 0.25) is 6.10 Å². The first kappa shape index (κ1) is 26.8. The van der Waals surface area contributed by atoms with E-state index in [4.69, 9.17) is 24.2 Å². The molecule has 0 N–H and O–H groups in total. The monoisotopic (exact) mass is 518 g/mol. The van der Waals surface area contributed by atoms with Gasteiger partial charge in [0.1, 0.15) is 5.75 Å². The zero-order valence-corrected chi connectivity index (χ0v) is 20.5. The second kappa shape index (κ2) is 11.4. The highest BCUT2D eigenvalue weighted by Crippen LogP contribution is 2.43. The van der Waals surface area contributed by atoms with Crippen molar-refractivity contribution in [2.75, 3.05) is 33.4 Å². The minimum absolute atomic E-state index is 0.0574. The molecule has 2 aliphatic rings. The number of alkyl halides is 3. The van der Waals surface area contributed by atoms with Gasteiger partial charge in [-0.05, 0) is 54.7 Å². The maximum Gasteiger partial charge on any atom is 0.427 e. The summed E-state index contributed by atoms with van der Waals surface area (Å²) >= 11 is 0. The van der Waals surface area contributed by atoms with Gasteiger partial charge in [-0.25, -0.2) is 4.79 Å². The summed E-state index contributed by atoms with van der Waals surface area (Å²) in [5, 5.41) is 8.98. The lowest BCUT2D eigenvalue weighted by atomic mass is 9.83. The van der Waals surface area contributed by atoms with E-state index in [0.717, 1.165) is 12.0 Å². The van der Waals surface area contributed by atoms with Gasteiger partial charge >= 0.3 is 12.3 Å². The molecule has 2 aromatic carbocycles. The fourth-order valence-electron chi connectivity index (χ4n) is 4.73. The number of carbonyl (C=O) groups excluding carboxylic acids is 1. The lowest BCUT2D eigenvalue weighted by Crippen LogP contribution is -2.49. The van der Waals surface area contributed by atoms with Crippen molar-refractivity contribution >= 4 is 6.09 Å². The van der Waals surface area contributed by atoms with E-state index in [1.54, 1.807) is 36.4 Å². The molecule has 2 aliphatic heterocycles. The molecule has 0 bridgehead atoms. The molecule has 37 heavy (non-hydrogen) atoms. The van der Waals surface area contributed by atoms with Gasteiger partial charge in [-0.1, -0.05) is 24.3 Å². The summed E-state index contributed by atoms with van der Waals surface area (Å²) in [7, 11) is 1.52. The number of amides is 1. The Morgan fingerprint density at radius 1 is 1.16 bits per heavy atom. The SMILES string of the molecule is COc1ccc(COCC(OC(=O)N2CCC3(CC2)CC(c2ccc(C#N)cc2)CO3)C(F)(F)F)cc1. The Balaban J connectivity index is 1.26. The maximum absolute atomic E-state index is 13.5. The largest absolute Gasteiger partial charge is 0.497 e. The molecule has 2 atom stereocenters. The molecule has 4 rings (SSSR count). The number of likely N-dealkylation sites (tertiary alicyclic amines) is 1. The van der Waals surface area contributed by atoms with Crippen molar-refractivity contribution in [1.82, 2.24) is 4.90 Å². The molecular formula is C27H29F3N2O5. The molecule has 2 heterocycles. The number of hydrogen-bond acceptors (Lipinski definition) is 6. The number of carbonyl (C=O) groups is 1. The zero-order chi connectivity index (χ0) is 26.5. The summed E-state index contributed by atoms with van der Waals surface area (Å²) < 4.78 is 61.8. The number of ether oxygens (including phenoxy) is 4. The first-order valence-electron chi connectivity index (χ1n) is 12.1. The molecule has 198 valence electrons. The Hall–Kier alpha value is -3.29. The topological polar surface area (TPSA) is 81.0 Å². The highest BCUT2D eigenvalue weighted by molar-refractivity contribution is 5.68. The third-order valence-corrected chi connectivity index (χ3v) is 6.96. The Labute approximate surface area is 213 Å². The van der Waals surface area contributed by atoms with Crippen molar-refractivity contribution in [1.29, 1.82) is 5.26 Å². The summed E-state index contributed by atoms with van der Waals surface area (Å²) in [6.45, 7) is 0.164. The van der Waals surface area contributed by atoms with E-state index in [1.807, 2.05) is 12.1 Å². The molecule has 2 unspecified atom stereocenters. The average molecular weight is 519 g/mol. The molecule has 0 saturated carbocycles. The third-order valence-electron chi connectivity index (χ3n) is 6.96. The van der Waals surface area contributed by atoms with Crippen LogP contribution in [0.5, 0.6) is 5.75 Å². The van der Waals surface area contributed by atoms with E-state index < -0.39 is 30.6 Å². The van der Waals surface area contributed by atoms with Gasteiger partial charge in [0.25, 0.3) is 0 Å². The Kier molecular flexibility index (Phi) is 8.25. The number of rotatable bonds is 7. The van der Waals surface area contributed by atoms with Crippen molar-refractivity contribution in [2.24, 2.45) is 0 Å². The van der Waals surface area contributed by atoms with Gasteiger partial charge in [0, 0.05) is 19.0 Å². The predicted octanol–water partition coefficient (Wildman–Crippen LogP) is 5.19. The molecule has 0 radical (unpaired) electrons. The molecule has 1 amide bonds. The van der Waals surface area contributed by atoms with Crippen molar-refractivity contribution in [3.05, 3.63) is 65.2 Å². The zero-order valence-electron chi connectivity index (χ0n) is 20.5. The molecule has 0 aliphatic carbocycles. The first-order chi connectivity index (χ1) is 17.7. The molecule has 10 heteroatoms. The molecule has 2 saturated heterocycles. The Bertz CT molecular complexity index is 1090. The quantitative estimate of drug-likeness (QED) is 0.502. The third kappa shape index (κ3) is 6.73. The number of piperidine rings is 1. The molecule has 7 nitrogen and oxygen atoms in total. The summed E-state index contributed by atoms with van der Waals surface area (Å²) in [5.41, 5.74) is 1.93. The van der Waals surface area contributed by atoms with Crippen LogP contribution in [0.3, 0.4) is 0 Å². The lowest BCUT2D eigenvalue weighted by molar-refractivity contribution is -0.220. The fraction of sp³-hybridized carbons (Fsp3) is 0.481. The van der Waals surface area contributed by atoms with Crippen molar-refractivity contribution in [2.45, 2.75) is 49.7 Å². The molecule has 1 spiro atoms. The first-order valence-corrected chi connectivity index (χ1v) is 12.1. The second-order valence-corrected chi connectivity index (χ2v) is 9.39. The average Bonchev–Trinajstić information content (AvgIpc) is 3.31. The van der Waals surface area contributed by atoms with Crippen LogP contribution in [0.2, 0.25) is 0 Å². The minimum atomic E-state index is -4.75. The summed E-state index contributed by atoms with van der Waals surface area (Å²) in [6.07, 6.45) is -6.34. The molecule has 0 aromatic heterocycles. The number of benzene rings is 2.